The molecule has 0 aromatic heterocycles. The Morgan fingerprint density at radius 1 is 0.239 bits per heavy atom. The maximum Gasteiger partial charge on any atom is 0.472 e. The van der Waals surface area contributed by atoms with E-state index in [-0.39, 0.29) is 19.3 Å². The summed E-state index contributed by atoms with van der Waals surface area (Å²) in [5.41, 5.74) is 0. The quantitative estimate of drug-likeness (QED) is 0.0146. The Bertz CT molecular complexity index is 3010. The Balaban J connectivity index is 4.61. The number of hydrogen-bond donors (Lipinski definition) is 4. The van der Waals surface area contributed by atoms with E-state index in [0.717, 1.165) is 180 Å². The van der Waals surface area contributed by atoms with E-state index in [1.165, 1.54) is 83.5 Å². The Morgan fingerprint density at radius 2 is 0.427 bits per heavy atom. The maximum absolute atomic E-state index is 13.0. The van der Waals surface area contributed by atoms with Gasteiger partial charge in [-0.1, -0.05) is 355 Å². The molecule has 5 atom stereocenters. The number of unbranched alkanes of at least 4 members (excludes halogenated alkanes) is 24. The number of carbonyl (C=O) groups is 3. The number of esters is 3. The van der Waals surface area contributed by atoms with Gasteiger partial charge in [-0.05, 0) is 173 Å². The molecule has 0 aliphatic heterocycles. The molecule has 117 heavy (non-hydrogen) atoms. The van der Waals surface area contributed by atoms with Crippen molar-refractivity contribution >= 4 is 33.6 Å². The summed E-state index contributed by atoms with van der Waals surface area (Å²) in [4.78, 5) is 58.9. The number of phosphoric acid groups is 2. The Labute approximate surface area is 711 Å². The zero-order valence-corrected chi connectivity index (χ0v) is 74.6. The minimum absolute atomic E-state index is 0.0373. The van der Waals surface area contributed by atoms with Gasteiger partial charge in [0.1, 0.15) is 25.4 Å². The van der Waals surface area contributed by atoms with E-state index >= 15 is 0 Å². The van der Waals surface area contributed by atoms with Gasteiger partial charge in [0.05, 0.1) is 26.4 Å². The highest BCUT2D eigenvalue weighted by atomic mass is 31.2. The van der Waals surface area contributed by atoms with Crippen LogP contribution in [0.5, 0.6) is 0 Å². The summed E-state index contributed by atoms with van der Waals surface area (Å²) in [6.07, 6.45) is 121. The van der Waals surface area contributed by atoms with Crippen LogP contribution < -0.4 is 0 Å². The lowest BCUT2D eigenvalue weighted by atomic mass is 10.0. The number of ether oxygens (including phenoxy) is 3. The smallest absolute Gasteiger partial charge is 0.463 e. The fraction of sp³-hybridized carbons (Fsp3) is 0.606. The first-order valence-corrected chi connectivity index (χ1v) is 48.0. The van der Waals surface area contributed by atoms with Gasteiger partial charge in [-0.2, -0.15) is 0 Å². The second kappa shape index (κ2) is 89.1. The first kappa shape index (κ1) is 111. The first-order valence-electron chi connectivity index (χ1n) is 45.0. The van der Waals surface area contributed by atoms with Crippen LogP contribution in [-0.4, -0.2) is 95.9 Å². The molecule has 0 rings (SSSR count). The highest BCUT2D eigenvalue weighted by Gasteiger charge is 2.29. The van der Waals surface area contributed by atoms with E-state index in [9.17, 15) is 43.5 Å². The van der Waals surface area contributed by atoms with E-state index in [0.29, 0.717) is 25.7 Å². The number of phosphoric ester groups is 2. The molecule has 662 valence electrons. The van der Waals surface area contributed by atoms with E-state index in [1.807, 2.05) is 0 Å². The van der Waals surface area contributed by atoms with Gasteiger partial charge in [-0.15, -0.1) is 0 Å². The van der Waals surface area contributed by atoms with Crippen molar-refractivity contribution in [1.82, 2.24) is 0 Å². The lowest BCUT2D eigenvalue weighted by Crippen LogP contribution is -2.30. The second-order valence-electron chi connectivity index (χ2n) is 29.3. The minimum Gasteiger partial charge on any atom is -0.463 e. The lowest BCUT2D eigenvalue weighted by Gasteiger charge is -2.21. The third-order valence-electron chi connectivity index (χ3n) is 18.2. The monoisotopic (exact) mass is 1670 g/mol. The van der Waals surface area contributed by atoms with Gasteiger partial charge in [-0.25, -0.2) is 9.13 Å². The van der Waals surface area contributed by atoms with Crippen molar-refractivity contribution in [3.63, 3.8) is 0 Å². The largest absolute Gasteiger partial charge is 0.472 e. The van der Waals surface area contributed by atoms with Crippen LogP contribution in [0.15, 0.2) is 219 Å². The normalized spacial score (nSPS) is 14.8. The summed E-state index contributed by atoms with van der Waals surface area (Å²) in [7, 11) is -9.84. The summed E-state index contributed by atoms with van der Waals surface area (Å²) in [5.74, 6) is -1.65. The average molecular weight is 1670 g/mol. The molecule has 0 fully saturated rings. The van der Waals surface area contributed by atoms with Crippen molar-refractivity contribution in [2.24, 2.45) is 0 Å². The zero-order chi connectivity index (χ0) is 85.1. The molecule has 0 saturated heterocycles. The zero-order valence-electron chi connectivity index (χ0n) is 72.8. The van der Waals surface area contributed by atoms with Gasteiger partial charge < -0.3 is 34.2 Å². The Kier molecular flexibility index (Phi) is 84.5. The molecule has 0 radical (unpaired) electrons. The molecule has 18 heteroatoms. The maximum atomic E-state index is 13.0. The second-order valence-corrected chi connectivity index (χ2v) is 32.2. The first-order chi connectivity index (χ1) is 57.2. The molecule has 5 unspecified atom stereocenters. The van der Waals surface area contributed by atoms with Crippen LogP contribution in [-0.2, 0) is 55.8 Å². The van der Waals surface area contributed by atoms with E-state index < -0.39 is 91.5 Å². The molecule has 0 amide bonds. The molecule has 0 bridgehead atoms. The molecule has 16 nitrogen and oxygen atoms in total. The molecule has 0 aliphatic carbocycles. The van der Waals surface area contributed by atoms with Crippen LogP contribution in [0.1, 0.15) is 329 Å². The summed E-state index contributed by atoms with van der Waals surface area (Å²) in [6, 6.07) is 0. The van der Waals surface area contributed by atoms with E-state index in [2.05, 4.69) is 240 Å². The molecule has 0 aromatic rings. The lowest BCUT2D eigenvalue weighted by molar-refractivity contribution is -0.161. The predicted molar refractivity (Wildman–Crippen MR) is 490 cm³/mol. The van der Waals surface area contributed by atoms with Crippen LogP contribution >= 0.6 is 15.6 Å². The molecular formula is C99H160O16P2. The summed E-state index contributed by atoms with van der Waals surface area (Å²) in [6.45, 7) is 2.27. The predicted octanol–water partition coefficient (Wildman–Crippen LogP) is 27.8. The van der Waals surface area contributed by atoms with Gasteiger partial charge >= 0.3 is 33.6 Å². The van der Waals surface area contributed by atoms with Crippen LogP contribution in [0.25, 0.3) is 0 Å². The molecule has 0 heterocycles. The van der Waals surface area contributed by atoms with Crippen molar-refractivity contribution < 1.29 is 75.8 Å². The number of rotatable bonds is 83. The fourth-order valence-corrected chi connectivity index (χ4v) is 13.0. The van der Waals surface area contributed by atoms with Crippen LogP contribution in [0.2, 0.25) is 0 Å². The Morgan fingerprint density at radius 3 is 0.692 bits per heavy atom. The van der Waals surface area contributed by atoms with Crippen LogP contribution in [0.3, 0.4) is 0 Å². The number of aliphatic hydroxyl groups excluding tert-OH is 2. The van der Waals surface area contributed by atoms with Gasteiger partial charge in [0.25, 0.3) is 0 Å². The number of carbonyl (C=O) groups excluding carboxylic acids is 3. The summed E-state index contributed by atoms with van der Waals surface area (Å²) in [5, 5.41) is 20.7. The molecule has 0 aliphatic rings. The Hall–Kier alpha value is -6.13. The van der Waals surface area contributed by atoms with Crippen LogP contribution in [0, 0.1) is 0 Å². The highest BCUT2D eigenvalue weighted by Crippen LogP contribution is 2.45. The highest BCUT2D eigenvalue weighted by molar-refractivity contribution is 7.47. The molecule has 0 saturated carbocycles. The van der Waals surface area contributed by atoms with Gasteiger partial charge in [0.2, 0.25) is 0 Å². The van der Waals surface area contributed by atoms with Crippen molar-refractivity contribution in [2.75, 3.05) is 39.6 Å². The van der Waals surface area contributed by atoms with Crippen molar-refractivity contribution in [3.8, 4) is 0 Å². The van der Waals surface area contributed by atoms with Crippen LogP contribution in [0.4, 0.5) is 0 Å². The molecule has 4 N–H and O–H groups in total. The van der Waals surface area contributed by atoms with Crippen molar-refractivity contribution in [3.05, 3.63) is 219 Å². The molecule has 0 aromatic carbocycles. The van der Waals surface area contributed by atoms with Crippen molar-refractivity contribution in [2.45, 2.75) is 347 Å². The fourth-order valence-electron chi connectivity index (χ4n) is 11.5. The van der Waals surface area contributed by atoms with Gasteiger partial charge in [0, 0.05) is 19.3 Å². The van der Waals surface area contributed by atoms with Gasteiger partial charge in [0.15, 0.2) is 6.10 Å². The SMILES string of the molecule is CC/C=C\C/C=C\C/C=C\C/C=C\C/C=C\C/C=C\CCCCCCCCCCCCCCCCCCC(=O)OCC(O)COP(=O)(O)OCC(O)COP(=O)(O)OCC(COC(=O)CCCCCCCC/C=C\C/C=C\C/C=C\C/C=C\C/C=C\C/C=C\CC)OC(=O)CCCC/C=C\C/C=C\C/C=C\C/C=C\C/C=C\C/C=C\CC. The van der Waals surface area contributed by atoms with Crippen molar-refractivity contribution in [1.29, 1.82) is 0 Å². The topological polar surface area (TPSA) is 231 Å². The summed E-state index contributed by atoms with van der Waals surface area (Å²) < 4.78 is 61.3. The number of hydrogen-bond acceptors (Lipinski definition) is 14. The van der Waals surface area contributed by atoms with E-state index in [1.54, 1.807) is 0 Å². The third kappa shape index (κ3) is 90.5. The summed E-state index contributed by atoms with van der Waals surface area (Å²) >= 11 is 0. The number of aliphatic hydroxyl groups is 2. The average Bonchev–Trinajstić information content (AvgIpc) is 0.900. The number of allylic oxidation sites excluding steroid dienone is 36. The minimum atomic E-state index is -4.96. The standard InChI is InChI=1S/C99H160O16P2/c1-4-7-10-13-16-19-22-25-28-31-34-37-39-41-42-43-44-45-46-47-48-49-50-52-54-56-58-61-64-67-70-73-76-79-82-85-97(102)109-88-94(100)89-111-116(105,106)112-90-95(101)91-113-117(107,108)114-93-96(115-99(104)87-84-81-78-75-72-69-66-63-60-55-36-33-30-27-24-21-18-15-12-9-6-3)92-110-98(103)86-83-80-77-74-71-68-65-62-59-57-53-51-40-38-35-32-29-26-23-20-17-14-11-8-5-2/h7-12,16-21,25-30,34-38,41-42,44-45,51,53,55,59,62-63,66,72,75,94-96,100-101H,4-6,13-15,22-24,31-33,39-40,43,46-50,52,54,56-58,60-61,64-65,67-71,73-74,76-93H2,1-3H3,(H,105,106)(H,107,108)/b10-7-,11-8-,12-9-,19-16-,20-17-,21-18-,28-25-,29-26-,30-27-,37-34-,38-35-,42-41-,45-44-,53-51-,55-36-,62-59-,66-63-,75-72-. The molecular weight excluding hydrogens is 1510 g/mol. The molecule has 0 spiro atoms. The van der Waals surface area contributed by atoms with E-state index in [4.69, 9.17) is 32.3 Å². The third-order valence-corrected chi connectivity index (χ3v) is 20.1. The van der Waals surface area contributed by atoms with Gasteiger partial charge in [-0.3, -0.25) is 32.5 Å².